The Bertz CT molecular complexity index is 514. The summed E-state index contributed by atoms with van der Waals surface area (Å²) < 4.78 is 20.1. The predicted molar refractivity (Wildman–Crippen MR) is 73.8 cm³/mol. The summed E-state index contributed by atoms with van der Waals surface area (Å²) in [7, 11) is 5.87. The first-order chi connectivity index (χ1) is 9.57. The zero-order valence-electron chi connectivity index (χ0n) is 12.1. The summed E-state index contributed by atoms with van der Waals surface area (Å²) in [5, 5.41) is 3.92. The molecule has 1 amide bonds. The minimum Gasteiger partial charge on any atom is -0.496 e. The lowest BCUT2D eigenvalue weighted by Crippen LogP contribution is -2.19. The molecule has 1 rings (SSSR count). The van der Waals surface area contributed by atoms with Crippen molar-refractivity contribution in [3.63, 3.8) is 0 Å². The van der Waals surface area contributed by atoms with E-state index in [-0.39, 0.29) is 0 Å². The molecule has 1 N–H and O–H groups in total. The van der Waals surface area contributed by atoms with Crippen LogP contribution in [-0.2, 0) is 4.74 Å². The van der Waals surface area contributed by atoms with Crippen molar-refractivity contribution < 1.29 is 23.7 Å². The largest absolute Gasteiger partial charge is 0.496 e. The van der Waals surface area contributed by atoms with Gasteiger partial charge in [-0.2, -0.15) is 5.10 Å². The molecule has 0 fully saturated rings. The van der Waals surface area contributed by atoms with E-state index < -0.39 is 6.09 Å². The van der Waals surface area contributed by atoms with Crippen molar-refractivity contribution in [2.75, 3.05) is 28.4 Å². The fourth-order valence-corrected chi connectivity index (χ4v) is 1.55. The number of ether oxygens (including phenoxy) is 4. The number of rotatable bonds is 5. The van der Waals surface area contributed by atoms with Gasteiger partial charge in [0.05, 0.1) is 34.2 Å². The molecule has 0 aliphatic heterocycles. The monoisotopic (exact) mass is 282 g/mol. The Kier molecular flexibility index (Phi) is 5.64. The molecule has 0 radical (unpaired) electrons. The minimum atomic E-state index is -0.649. The van der Waals surface area contributed by atoms with Gasteiger partial charge in [0, 0.05) is 11.6 Å². The molecule has 0 bridgehead atoms. The molecular formula is C13H18N2O5. The van der Waals surface area contributed by atoms with Gasteiger partial charge in [0.15, 0.2) is 11.5 Å². The van der Waals surface area contributed by atoms with Gasteiger partial charge in [-0.25, -0.2) is 10.2 Å². The maximum Gasteiger partial charge on any atom is 0.427 e. The Morgan fingerprint density at radius 2 is 1.55 bits per heavy atom. The van der Waals surface area contributed by atoms with Crippen LogP contribution >= 0.6 is 0 Å². The number of amides is 1. The standard InChI is InChI=1S/C13H18N2O5/c1-8(14-15-13(16)20-5)9-6-11(18-3)12(19-4)7-10(9)17-2/h6-7H,1-5H3,(H,15,16)/b14-8-. The predicted octanol–water partition coefficient (Wildman–Crippen LogP) is 1.79. The van der Waals surface area contributed by atoms with Crippen molar-refractivity contribution in [1.82, 2.24) is 5.43 Å². The third-order valence-corrected chi connectivity index (χ3v) is 2.60. The van der Waals surface area contributed by atoms with Gasteiger partial charge < -0.3 is 18.9 Å². The normalized spacial score (nSPS) is 10.8. The smallest absolute Gasteiger partial charge is 0.427 e. The molecule has 7 nitrogen and oxygen atoms in total. The van der Waals surface area contributed by atoms with Crippen LogP contribution in [0.25, 0.3) is 0 Å². The summed E-state index contributed by atoms with van der Waals surface area (Å²) in [5.41, 5.74) is 3.45. The number of hydrogen-bond donors (Lipinski definition) is 1. The van der Waals surface area contributed by atoms with Gasteiger partial charge in [-0.05, 0) is 13.0 Å². The summed E-state index contributed by atoms with van der Waals surface area (Å²) >= 11 is 0. The first-order valence-corrected chi connectivity index (χ1v) is 5.76. The molecule has 0 aliphatic rings. The van der Waals surface area contributed by atoms with Gasteiger partial charge in [0.1, 0.15) is 5.75 Å². The fourth-order valence-electron chi connectivity index (χ4n) is 1.55. The maximum absolute atomic E-state index is 11.0. The van der Waals surface area contributed by atoms with Gasteiger partial charge in [-0.3, -0.25) is 0 Å². The molecular weight excluding hydrogens is 264 g/mol. The molecule has 110 valence electrons. The molecule has 0 saturated carbocycles. The molecule has 0 spiro atoms. The van der Waals surface area contributed by atoms with Gasteiger partial charge in [0.25, 0.3) is 0 Å². The molecule has 0 atom stereocenters. The second-order valence-electron chi connectivity index (χ2n) is 3.71. The van der Waals surface area contributed by atoms with Crippen LogP contribution in [0.4, 0.5) is 4.79 Å². The molecule has 1 aromatic rings. The van der Waals surface area contributed by atoms with Crippen molar-refractivity contribution in [2.45, 2.75) is 6.92 Å². The molecule has 0 saturated heterocycles. The molecule has 0 aliphatic carbocycles. The third-order valence-electron chi connectivity index (χ3n) is 2.60. The summed E-state index contributed by atoms with van der Waals surface area (Å²) in [6.45, 7) is 1.72. The lowest BCUT2D eigenvalue weighted by Gasteiger charge is -2.13. The lowest BCUT2D eigenvalue weighted by atomic mass is 10.1. The molecule has 20 heavy (non-hydrogen) atoms. The zero-order chi connectivity index (χ0) is 15.1. The van der Waals surface area contributed by atoms with E-state index >= 15 is 0 Å². The number of nitrogens with zero attached hydrogens (tertiary/aromatic N) is 1. The van der Waals surface area contributed by atoms with Crippen molar-refractivity contribution in [2.24, 2.45) is 5.10 Å². The van der Waals surface area contributed by atoms with E-state index in [0.29, 0.717) is 28.5 Å². The Balaban J connectivity index is 3.18. The number of carbonyl (C=O) groups excluding carboxylic acids is 1. The van der Waals surface area contributed by atoms with Crippen LogP contribution in [0.3, 0.4) is 0 Å². The Morgan fingerprint density at radius 3 is 2.05 bits per heavy atom. The Morgan fingerprint density at radius 1 is 1.00 bits per heavy atom. The van der Waals surface area contributed by atoms with E-state index in [1.807, 2.05) is 0 Å². The summed E-state index contributed by atoms with van der Waals surface area (Å²) in [5.74, 6) is 1.63. The van der Waals surface area contributed by atoms with Gasteiger partial charge >= 0.3 is 6.09 Å². The number of nitrogens with one attached hydrogen (secondary N) is 1. The van der Waals surface area contributed by atoms with Crippen molar-refractivity contribution >= 4 is 11.8 Å². The van der Waals surface area contributed by atoms with Crippen molar-refractivity contribution in [3.8, 4) is 17.2 Å². The average Bonchev–Trinajstić information content (AvgIpc) is 2.50. The minimum absolute atomic E-state index is 0.535. The van der Waals surface area contributed by atoms with Gasteiger partial charge in [-0.15, -0.1) is 0 Å². The lowest BCUT2D eigenvalue weighted by molar-refractivity contribution is 0.171. The van der Waals surface area contributed by atoms with Crippen LogP contribution in [0, 0.1) is 0 Å². The highest BCUT2D eigenvalue weighted by molar-refractivity contribution is 6.02. The van der Waals surface area contributed by atoms with E-state index in [9.17, 15) is 4.79 Å². The number of methoxy groups -OCH3 is 4. The first kappa shape index (κ1) is 15.6. The highest BCUT2D eigenvalue weighted by Crippen LogP contribution is 2.34. The fraction of sp³-hybridized carbons (Fsp3) is 0.385. The quantitative estimate of drug-likeness (QED) is 0.658. The second-order valence-corrected chi connectivity index (χ2v) is 3.71. The van der Waals surface area contributed by atoms with Crippen molar-refractivity contribution in [1.29, 1.82) is 0 Å². The molecule has 0 aromatic heterocycles. The maximum atomic E-state index is 11.0. The summed E-state index contributed by atoms with van der Waals surface area (Å²) in [6, 6.07) is 3.40. The van der Waals surface area contributed by atoms with E-state index in [2.05, 4.69) is 15.3 Å². The number of hydrogen-bond acceptors (Lipinski definition) is 6. The van der Waals surface area contributed by atoms with Crippen LogP contribution in [0.5, 0.6) is 17.2 Å². The van der Waals surface area contributed by atoms with E-state index in [1.165, 1.54) is 28.4 Å². The summed E-state index contributed by atoms with van der Waals surface area (Å²) in [4.78, 5) is 11.0. The van der Waals surface area contributed by atoms with Crippen LogP contribution in [0.2, 0.25) is 0 Å². The van der Waals surface area contributed by atoms with Crippen LogP contribution < -0.4 is 19.6 Å². The van der Waals surface area contributed by atoms with E-state index in [0.717, 1.165) is 0 Å². The van der Waals surface area contributed by atoms with Crippen molar-refractivity contribution in [3.05, 3.63) is 17.7 Å². The number of hydrazone groups is 1. The van der Waals surface area contributed by atoms with Crippen LogP contribution in [0.15, 0.2) is 17.2 Å². The highest BCUT2D eigenvalue weighted by atomic mass is 16.5. The van der Waals surface area contributed by atoms with E-state index in [1.54, 1.807) is 19.1 Å². The average molecular weight is 282 g/mol. The van der Waals surface area contributed by atoms with Crippen LogP contribution in [0.1, 0.15) is 12.5 Å². The van der Waals surface area contributed by atoms with Crippen LogP contribution in [-0.4, -0.2) is 40.2 Å². The molecule has 1 aromatic carbocycles. The number of carbonyl (C=O) groups is 1. The Labute approximate surface area is 117 Å². The third kappa shape index (κ3) is 3.53. The molecule has 7 heteroatoms. The first-order valence-electron chi connectivity index (χ1n) is 5.76. The SMILES string of the molecule is COC(=O)N/N=C(/C)c1cc(OC)c(OC)cc1OC. The number of benzene rings is 1. The van der Waals surface area contributed by atoms with Gasteiger partial charge in [0.2, 0.25) is 0 Å². The molecule has 0 heterocycles. The Hall–Kier alpha value is -2.44. The zero-order valence-corrected chi connectivity index (χ0v) is 12.1. The van der Waals surface area contributed by atoms with Gasteiger partial charge in [-0.1, -0.05) is 0 Å². The summed E-state index contributed by atoms with van der Waals surface area (Å²) in [6.07, 6.45) is -0.649. The highest BCUT2D eigenvalue weighted by Gasteiger charge is 2.14. The molecule has 0 unspecified atom stereocenters. The topological polar surface area (TPSA) is 78.4 Å². The van der Waals surface area contributed by atoms with E-state index in [4.69, 9.17) is 14.2 Å². The second kappa shape index (κ2) is 7.22.